The van der Waals surface area contributed by atoms with E-state index in [0.29, 0.717) is 18.6 Å². The van der Waals surface area contributed by atoms with Gasteiger partial charge in [0.1, 0.15) is 0 Å². The Morgan fingerprint density at radius 3 is 2.73 bits per heavy atom. The van der Waals surface area contributed by atoms with Gasteiger partial charge in [0.05, 0.1) is 13.2 Å². The maximum absolute atomic E-state index is 13.3. The fourth-order valence-electron chi connectivity index (χ4n) is 3.87. The molecule has 0 amide bonds. The minimum absolute atomic E-state index is 0.443. The largest absolute Gasteiger partial charge is 0.378 e. The van der Waals surface area contributed by atoms with Gasteiger partial charge in [-0.3, -0.25) is 9.80 Å². The Bertz CT molecular complexity index is 549. The van der Waals surface area contributed by atoms with Crippen LogP contribution in [-0.2, 0) is 11.3 Å². The Morgan fingerprint density at radius 1 is 1.09 bits per heavy atom. The first-order valence-corrected chi connectivity index (χ1v) is 8.20. The Balaban J connectivity index is 1.40. The van der Waals surface area contributed by atoms with E-state index in [1.54, 1.807) is 6.07 Å². The standard InChI is InChI=1S/C17H22F2N2O/c18-15-4-1-12(7-16(15)19)8-20-5-6-21-14(9-20)10-22-11-17(21)13-2-3-13/h1,4,7,13-14,17H,2-3,5-6,8-11H2/t14-,17-/m1/s1. The van der Waals surface area contributed by atoms with Gasteiger partial charge in [-0.2, -0.15) is 0 Å². The average molecular weight is 308 g/mol. The van der Waals surface area contributed by atoms with Crippen molar-refractivity contribution in [2.45, 2.75) is 31.5 Å². The number of fused-ring (bicyclic) bond motifs is 1. The lowest BCUT2D eigenvalue weighted by Crippen LogP contribution is -2.62. The third-order valence-electron chi connectivity index (χ3n) is 5.19. The molecule has 5 heteroatoms. The second kappa shape index (κ2) is 5.87. The van der Waals surface area contributed by atoms with Gasteiger partial charge in [-0.25, -0.2) is 8.78 Å². The summed E-state index contributed by atoms with van der Waals surface area (Å²) in [5.41, 5.74) is 0.836. The van der Waals surface area contributed by atoms with E-state index in [1.807, 2.05) is 0 Å². The van der Waals surface area contributed by atoms with Gasteiger partial charge in [0.15, 0.2) is 11.6 Å². The summed E-state index contributed by atoms with van der Waals surface area (Å²) in [5, 5.41) is 0. The average Bonchev–Trinajstić information content (AvgIpc) is 3.35. The monoisotopic (exact) mass is 308 g/mol. The van der Waals surface area contributed by atoms with Crippen molar-refractivity contribution in [1.82, 2.24) is 9.80 Å². The molecule has 3 fully saturated rings. The first-order valence-electron chi connectivity index (χ1n) is 8.20. The van der Waals surface area contributed by atoms with Gasteiger partial charge in [0.2, 0.25) is 0 Å². The lowest BCUT2D eigenvalue weighted by molar-refractivity contribution is -0.0880. The number of halogens is 2. The number of ether oxygens (including phenoxy) is 1. The van der Waals surface area contributed by atoms with Crippen molar-refractivity contribution in [3.8, 4) is 0 Å². The molecule has 1 saturated carbocycles. The topological polar surface area (TPSA) is 15.7 Å². The Hall–Kier alpha value is -1.04. The maximum Gasteiger partial charge on any atom is 0.159 e. The number of rotatable bonds is 3. The number of morpholine rings is 1. The normalized spacial score (nSPS) is 30.3. The van der Waals surface area contributed by atoms with Crippen molar-refractivity contribution in [3.05, 3.63) is 35.4 Å². The van der Waals surface area contributed by atoms with E-state index < -0.39 is 11.6 Å². The molecule has 3 nitrogen and oxygen atoms in total. The molecular weight excluding hydrogens is 286 g/mol. The van der Waals surface area contributed by atoms with Crippen LogP contribution in [0.2, 0.25) is 0 Å². The molecule has 0 radical (unpaired) electrons. The van der Waals surface area contributed by atoms with Gasteiger partial charge in [-0.15, -0.1) is 0 Å². The smallest absolute Gasteiger partial charge is 0.159 e. The number of hydrogen-bond donors (Lipinski definition) is 0. The molecule has 1 aromatic rings. The molecule has 0 spiro atoms. The van der Waals surface area contributed by atoms with Crippen LogP contribution >= 0.6 is 0 Å². The van der Waals surface area contributed by atoms with Gasteiger partial charge in [-0.1, -0.05) is 6.07 Å². The SMILES string of the molecule is Fc1ccc(CN2CCN3[C@@H](COC[C@@H]3C3CC3)C2)cc1F. The van der Waals surface area contributed by atoms with Gasteiger partial charge >= 0.3 is 0 Å². The molecule has 2 atom stereocenters. The van der Waals surface area contributed by atoms with Crippen molar-refractivity contribution < 1.29 is 13.5 Å². The second-order valence-electron chi connectivity index (χ2n) is 6.82. The summed E-state index contributed by atoms with van der Waals surface area (Å²) in [6.45, 7) is 5.33. The van der Waals surface area contributed by atoms with Crippen LogP contribution in [0, 0.1) is 17.6 Å². The molecule has 22 heavy (non-hydrogen) atoms. The molecule has 4 rings (SSSR count). The zero-order valence-electron chi connectivity index (χ0n) is 12.7. The summed E-state index contributed by atoms with van der Waals surface area (Å²) in [7, 11) is 0. The van der Waals surface area contributed by atoms with Crippen LogP contribution < -0.4 is 0 Å². The van der Waals surface area contributed by atoms with Crippen LogP contribution in [0.4, 0.5) is 8.78 Å². The molecule has 3 aliphatic rings. The molecule has 2 saturated heterocycles. The zero-order chi connectivity index (χ0) is 15.1. The quantitative estimate of drug-likeness (QED) is 0.852. The molecule has 0 aromatic heterocycles. The van der Waals surface area contributed by atoms with Gasteiger partial charge in [-0.05, 0) is 36.5 Å². The fraction of sp³-hybridized carbons (Fsp3) is 0.647. The number of piperazine rings is 1. The summed E-state index contributed by atoms with van der Waals surface area (Å²) in [4.78, 5) is 4.95. The van der Waals surface area contributed by atoms with Crippen molar-refractivity contribution in [2.75, 3.05) is 32.8 Å². The highest BCUT2D eigenvalue weighted by Crippen LogP contribution is 2.38. The Labute approximate surface area is 129 Å². The zero-order valence-corrected chi connectivity index (χ0v) is 12.7. The van der Waals surface area contributed by atoms with E-state index in [2.05, 4.69) is 9.80 Å². The molecule has 0 unspecified atom stereocenters. The minimum Gasteiger partial charge on any atom is -0.378 e. The van der Waals surface area contributed by atoms with Gasteiger partial charge in [0, 0.05) is 38.3 Å². The highest BCUT2D eigenvalue weighted by Gasteiger charge is 2.42. The van der Waals surface area contributed by atoms with Crippen LogP contribution in [0.25, 0.3) is 0 Å². The summed E-state index contributed by atoms with van der Waals surface area (Å²) in [6.07, 6.45) is 2.69. The van der Waals surface area contributed by atoms with Crippen molar-refractivity contribution in [3.63, 3.8) is 0 Å². The number of nitrogens with zero attached hydrogens (tertiary/aromatic N) is 2. The van der Waals surface area contributed by atoms with Crippen LogP contribution in [-0.4, -0.2) is 54.7 Å². The van der Waals surface area contributed by atoms with Crippen LogP contribution in [0.3, 0.4) is 0 Å². The van der Waals surface area contributed by atoms with E-state index in [0.717, 1.165) is 44.3 Å². The van der Waals surface area contributed by atoms with Crippen molar-refractivity contribution in [1.29, 1.82) is 0 Å². The summed E-state index contributed by atoms with van der Waals surface area (Å²) < 4.78 is 32.1. The molecule has 0 N–H and O–H groups in total. The predicted molar refractivity (Wildman–Crippen MR) is 79.5 cm³/mol. The Kier molecular flexibility index (Phi) is 3.88. The molecule has 2 aliphatic heterocycles. The third-order valence-corrected chi connectivity index (χ3v) is 5.19. The molecule has 120 valence electrons. The Morgan fingerprint density at radius 2 is 1.95 bits per heavy atom. The second-order valence-corrected chi connectivity index (χ2v) is 6.82. The fourth-order valence-corrected chi connectivity index (χ4v) is 3.87. The van der Waals surface area contributed by atoms with Gasteiger partial charge in [0.25, 0.3) is 0 Å². The van der Waals surface area contributed by atoms with E-state index in [-0.39, 0.29) is 0 Å². The van der Waals surface area contributed by atoms with Crippen molar-refractivity contribution in [2.24, 2.45) is 5.92 Å². The summed E-state index contributed by atoms with van der Waals surface area (Å²) in [5.74, 6) is -0.701. The number of benzene rings is 1. The third kappa shape index (κ3) is 2.90. The molecule has 1 aromatic carbocycles. The van der Waals surface area contributed by atoms with E-state index in [9.17, 15) is 8.78 Å². The van der Waals surface area contributed by atoms with E-state index in [1.165, 1.54) is 25.0 Å². The van der Waals surface area contributed by atoms with Crippen LogP contribution in [0.5, 0.6) is 0 Å². The summed E-state index contributed by atoms with van der Waals surface area (Å²) in [6, 6.07) is 5.25. The number of hydrogen-bond acceptors (Lipinski definition) is 3. The lowest BCUT2D eigenvalue weighted by atomic mass is 10.0. The predicted octanol–water partition coefficient (Wildman–Crippen LogP) is 2.26. The van der Waals surface area contributed by atoms with Crippen molar-refractivity contribution >= 4 is 0 Å². The molecular formula is C17H22F2N2O. The molecule has 2 heterocycles. The molecule has 1 aliphatic carbocycles. The van der Waals surface area contributed by atoms with E-state index >= 15 is 0 Å². The minimum atomic E-state index is -0.776. The first-order chi connectivity index (χ1) is 10.7. The maximum atomic E-state index is 13.3. The summed E-state index contributed by atoms with van der Waals surface area (Å²) >= 11 is 0. The van der Waals surface area contributed by atoms with E-state index in [4.69, 9.17) is 4.74 Å². The van der Waals surface area contributed by atoms with Crippen LogP contribution in [0.1, 0.15) is 18.4 Å². The van der Waals surface area contributed by atoms with Crippen LogP contribution in [0.15, 0.2) is 18.2 Å². The highest BCUT2D eigenvalue weighted by molar-refractivity contribution is 5.18. The van der Waals surface area contributed by atoms with Gasteiger partial charge < -0.3 is 4.74 Å². The first kappa shape index (κ1) is 14.5. The molecule has 0 bridgehead atoms. The highest BCUT2D eigenvalue weighted by atomic mass is 19.2. The lowest BCUT2D eigenvalue weighted by Gasteiger charge is -2.48.